The van der Waals surface area contributed by atoms with E-state index in [2.05, 4.69) is 6.07 Å². The molecule has 0 aromatic heterocycles. The topological polar surface area (TPSA) is 60.7 Å². The zero-order valence-electron chi connectivity index (χ0n) is 23.6. The maximum Gasteiger partial charge on any atom is 0.453 e. The van der Waals surface area contributed by atoms with Crippen LogP contribution in [0.3, 0.4) is 0 Å². The Morgan fingerprint density at radius 3 is 2.02 bits per heavy atom. The molecule has 8 heteroatoms. The van der Waals surface area contributed by atoms with Crippen LogP contribution in [-0.2, 0) is 6.42 Å². The van der Waals surface area contributed by atoms with Gasteiger partial charge in [-0.15, -0.1) is 0 Å². The number of hydrogen-bond donors (Lipinski definition) is 3. The monoisotopic (exact) mass is 574 g/mol. The predicted molar refractivity (Wildman–Crippen MR) is 145 cm³/mol. The van der Waals surface area contributed by atoms with Gasteiger partial charge < -0.3 is 15.3 Å². The van der Waals surface area contributed by atoms with Crippen LogP contribution in [0.15, 0.2) is 18.2 Å². The average Bonchev–Trinajstić information content (AvgIpc) is 3.19. The van der Waals surface area contributed by atoms with Gasteiger partial charge in [-0.25, -0.2) is 0 Å². The molecule has 4 rings (SSSR count). The summed E-state index contributed by atoms with van der Waals surface area (Å²) in [5.74, 6) is -2.94. The van der Waals surface area contributed by atoms with Crippen molar-refractivity contribution in [3.05, 3.63) is 29.3 Å². The van der Waals surface area contributed by atoms with E-state index in [1.165, 1.54) is 11.1 Å². The fourth-order valence-corrected chi connectivity index (χ4v) is 8.17. The first-order chi connectivity index (χ1) is 18.9. The number of rotatable bonds is 14. The Labute approximate surface area is 235 Å². The van der Waals surface area contributed by atoms with Gasteiger partial charge in [-0.3, -0.25) is 0 Å². The third kappa shape index (κ3) is 7.14. The first kappa shape index (κ1) is 31.5. The summed E-state index contributed by atoms with van der Waals surface area (Å²) in [5, 5.41) is 32.1. The minimum atomic E-state index is -5.44. The van der Waals surface area contributed by atoms with Crippen LogP contribution >= 0.6 is 0 Å². The summed E-state index contributed by atoms with van der Waals surface area (Å²) >= 11 is 0. The number of aromatic hydroxyl groups is 1. The number of aliphatic hydroxyl groups is 2. The largest absolute Gasteiger partial charge is 0.508 e. The van der Waals surface area contributed by atoms with Crippen molar-refractivity contribution in [2.75, 3.05) is 0 Å². The Balaban J connectivity index is 1.13. The van der Waals surface area contributed by atoms with Gasteiger partial charge in [0.05, 0.1) is 11.7 Å². The van der Waals surface area contributed by atoms with Crippen molar-refractivity contribution in [1.29, 1.82) is 0 Å². The van der Waals surface area contributed by atoms with Crippen molar-refractivity contribution < 1.29 is 37.3 Å². The Kier molecular flexibility index (Phi) is 10.5. The summed E-state index contributed by atoms with van der Waals surface area (Å²) < 4.78 is 62.4. The first-order valence-electron chi connectivity index (χ1n) is 15.6. The fourth-order valence-electron chi connectivity index (χ4n) is 8.17. The Bertz CT molecular complexity index is 951. The van der Waals surface area contributed by atoms with Gasteiger partial charge in [0.25, 0.3) is 0 Å². The lowest BCUT2D eigenvalue weighted by atomic mass is 9.55. The summed E-state index contributed by atoms with van der Waals surface area (Å²) in [5.41, 5.74) is 1.60. The third-order valence-corrected chi connectivity index (χ3v) is 10.3. The van der Waals surface area contributed by atoms with Crippen molar-refractivity contribution in [2.24, 2.45) is 17.8 Å². The summed E-state index contributed by atoms with van der Waals surface area (Å²) in [4.78, 5) is 0. The predicted octanol–water partition coefficient (Wildman–Crippen LogP) is 8.83. The van der Waals surface area contributed by atoms with Gasteiger partial charge in [0, 0.05) is 6.42 Å². The van der Waals surface area contributed by atoms with E-state index in [1.54, 1.807) is 6.07 Å². The van der Waals surface area contributed by atoms with Crippen LogP contribution in [0.25, 0.3) is 0 Å². The Morgan fingerprint density at radius 1 is 0.800 bits per heavy atom. The van der Waals surface area contributed by atoms with Gasteiger partial charge in [0.1, 0.15) is 5.75 Å². The number of aliphatic hydroxyl groups excluding tert-OH is 1. The lowest BCUT2D eigenvalue weighted by Gasteiger charge is -2.52. The van der Waals surface area contributed by atoms with E-state index in [1.807, 2.05) is 6.07 Å². The summed E-state index contributed by atoms with van der Waals surface area (Å²) in [7, 11) is 0. The van der Waals surface area contributed by atoms with Crippen LogP contribution in [-0.4, -0.2) is 39.1 Å². The molecule has 2 saturated carbocycles. The SMILES string of the molecule is Oc1ccc2c(c1)CC(CCCCCCCCCCCCCC(F)(F)C(F)(F)F)[C@@H]1[C@@H]2CC[C@]2(O)[C@@H](O)CC[C@@H]12. The molecule has 1 unspecified atom stereocenters. The van der Waals surface area contributed by atoms with E-state index in [-0.39, 0.29) is 12.3 Å². The molecule has 40 heavy (non-hydrogen) atoms. The number of benzene rings is 1. The van der Waals surface area contributed by atoms with Gasteiger partial charge in [0.15, 0.2) is 0 Å². The Hall–Kier alpha value is -1.41. The van der Waals surface area contributed by atoms with E-state index in [4.69, 9.17) is 0 Å². The smallest absolute Gasteiger partial charge is 0.453 e. The van der Waals surface area contributed by atoms with Crippen LogP contribution in [0, 0.1) is 17.8 Å². The number of halogens is 5. The lowest BCUT2D eigenvalue weighted by Crippen LogP contribution is -2.53. The van der Waals surface area contributed by atoms with Crippen LogP contribution in [0.4, 0.5) is 22.0 Å². The highest BCUT2D eigenvalue weighted by Gasteiger charge is 2.58. The normalized spacial score (nSPS) is 30.1. The summed E-state index contributed by atoms with van der Waals surface area (Å²) in [6, 6.07) is 5.77. The van der Waals surface area contributed by atoms with E-state index >= 15 is 0 Å². The quantitative estimate of drug-likeness (QED) is 0.154. The van der Waals surface area contributed by atoms with E-state index in [0.29, 0.717) is 49.2 Å². The fraction of sp³-hybridized carbons (Fsp3) is 0.812. The zero-order valence-corrected chi connectivity index (χ0v) is 23.6. The molecule has 1 aromatic rings. The molecule has 3 aliphatic carbocycles. The molecule has 0 bridgehead atoms. The molecule has 3 nitrogen and oxygen atoms in total. The minimum absolute atomic E-state index is 0.0948. The molecular formula is C32H47F5O3. The lowest BCUT2D eigenvalue weighted by molar-refractivity contribution is -0.284. The molecule has 0 saturated heterocycles. The van der Waals surface area contributed by atoms with Gasteiger partial charge in [-0.05, 0) is 91.9 Å². The molecule has 0 aliphatic heterocycles. The second-order valence-electron chi connectivity index (χ2n) is 12.9. The highest BCUT2D eigenvalue weighted by molar-refractivity contribution is 5.41. The maximum atomic E-state index is 12.9. The number of phenols is 1. The highest BCUT2D eigenvalue weighted by Crippen LogP contribution is 2.59. The number of fused-ring (bicyclic) bond motifs is 5. The second kappa shape index (κ2) is 13.3. The van der Waals surface area contributed by atoms with E-state index in [0.717, 1.165) is 77.0 Å². The van der Waals surface area contributed by atoms with Crippen molar-refractivity contribution in [3.8, 4) is 5.75 Å². The van der Waals surface area contributed by atoms with Crippen LogP contribution in [0.5, 0.6) is 5.75 Å². The van der Waals surface area contributed by atoms with Gasteiger partial charge in [0.2, 0.25) is 0 Å². The molecule has 0 heterocycles. The van der Waals surface area contributed by atoms with Crippen molar-refractivity contribution in [1.82, 2.24) is 0 Å². The third-order valence-electron chi connectivity index (χ3n) is 10.3. The van der Waals surface area contributed by atoms with Crippen LogP contribution in [0.2, 0.25) is 0 Å². The van der Waals surface area contributed by atoms with Gasteiger partial charge in [-0.2, -0.15) is 22.0 Å². The standard InChI is InChI=1S/C32H47F5O3/c33-31(34,32(35,36)37)18-11-9-7-5-3-1-2-4-6-8-10-12-22-20-23-21-24(38)13-14-25(23)26-17-19-30(40)27(29(22)26)15-16-28(30)39/h13-14,21-22,26-29,38-40H,1-12,15-20H2/t22?,26-,27+,28+,29-,30-/m1/s1. The summed E-state index contributed by atoms with van der Waals surface area (Å²) in [6.45, 7) is 0. The van der Waals surface area contributed by atoms with Crippen molar-refractivity contribution in [3.63, 3.8) is 0 Å². The molecule has 6 atom stereocenters. The zero-order chi connectivity index (χ0) is 29.0. The second-order valence-corrected chi connectivity index (χ2v) is 12.9. The average molecular weight is 575 g/mol. The molecule has 3 N–H and O–H groups in total. The molecule has 0 spiro atoms. The van der Waals surface area contributed by atoms with E-state index < -0.39 is 30.2 Å². The number of alkyl halides is 5. The molecule has 2 fully saturated rings. The molecule has 1 aromatic carbocycles. The van der Waals surface area contributed by atoms with Gasteiger partial charge >= 0.3 is 12.1 Å². The molecule has 0 radical (unpaired) electrons. The highest BCUT2D eigenvalue weighted by atomic mass is 19.4. The number of unbranched alkanes of at least 4 members (excludes halogenated alkanes) is 10. The van der Waals surface area contributed by atoms with Crippen LogP contribution in [0.1, 0.15) is 126 Å². The van der Waals surface area contributed by atoms with Crippen molar-refractivity contribution in [2.45, 2.75) is 145 Å². The van der Waals surface area contributed by atoms with Gasteiger partial charge in [-0.1, -0.05) is 70.3 Å². The van der Waals surface area contributed by atoms with E-state index in [9.17, 15) is 37.3 Å². The summed E-state index contributed by atoms with van der Waals surface area (Å²) in [6.07, 6.45) is 7.51. The first-order valence-corrected chi connectivity index (χ1v) is 15.6. The molecule has 0 amide bonds. The van der Waals surface area contributed by atoms with Crippen LogP contribution < -0.4 is 0 Å². The molecule has 228 valence electrons. The Morgan fingerprint density at radius 2 is 1.40 bits per heavy atom. The van der Waals surface area contributed by atoms with Crippen molar-refractivity contribution >= 4 is 0 Å². The number of hydrogen-bond acceptors (Lipinski definition) is 3. The molecular weight excluding hydrogens is 527 g/mol. The number of phenolic OH excluding ortho intramolecular Hbond substituents is 1. The maximum absolute atomic E-state index is 12.9. The minimum Gasteiger partial charge on any atom is -0.508 e. The molecule has 3 aliphatic rings.